The smallest absolute Gasteiger partial charge is 0.0867 e. The number of para-hydroxylation sites is 1. The predicted octanol–water partition coefficient (Wildman–Crippen LogP) is 1.37. The Balaban J connectivity index is 2.41. The molecule has 1 aromatic carbocycles. The molecule has 3 N–H and O–H groups in total. The lowest BCUT2D eigenvalue weighted by Gasteiger charge is -2.09. The van der Waals surface area contributed by atoms with Gasteiger partial charge in [0.2, 0.25) is 0 Å². The van der Waals surface area contributed by atoms with Crippen LogP contribution in [0, 0.1) is 0 Å². The molecule has 0 aromatic heterocycles. The van der Waals surface area contributed by atoms with E-state index in [4.69, 9.17) is 10.5 Å². The first-order valence-electron chi connectivity index (χ1n) is 4.38. The summed E-state index contributed by atoms with van der Waals surface area (Å²) in [4.78, 5) is 1.00. The van der Waals surface area contributed by atoms with Crippen LogP contribution in [0.1, 0.15) is 0 Å². The molecule has 0 spiro atoms. The number of nitrogens with two attached hydrogens (primary N) is 1. The maximum absolute atomic E-state index is 9.41. The summed E-state index contributed by atoms with van der Waals surface area (Å²) in [5.41, 5.74) is 6.50. The molecule has 0 heterocycles. The summed E-state index contributed by atoms with van der Waals surface area (Å²) >= 11 is 1.54. The third-order valence-electron chi connectivity index (χ3n) is 1.71. The van der Waals surface area contributed by atoms with E-state index >= 15 is 0 Å². The Hall–Kier alpha value is -0.710. The van der Waals surface area contributed by atoms with E-state index < -0.39 is 6.10 Å². The third kappa shape index (κ3) is 3.57. The zero-order valence-electron chi connectivity index (χ0n) is 8.14. The van der Waals surface area contributed by atoms with Crippen LogP contribution in [0.15, 0.2) is 29.2 Å². The fraction of sp³-hybridized carbons (Fsp3) is 0.400. The summed E-state index contributed by atoms with van der Waals surface area (Å²) < 4.78 is 4.83. The lowest BCUT2D eigenvalue weighted by Crippen LogP contribution is -2.16. The number of aliphatic hydroxyl groups excluding tert-OH is 1. The highest BCUT2D eigenvalue weighted by Crippen LogP contribution is 2.24. The number of ether oxygens (including phenoxy) is 1. The Morgan fingerprint density at radius 3 is 2.86 bits per heavy atom. The molecule has 0 fully saturated rings. The SMILES string of the molecule is COCC(O)CSc1ccccc1N. The van der Waals surface area contributed by atoms with E-state index in [0.717, 1.165) is 10.6 Å². The van der Waals surface area contributed by atoms with E-state index in [2.05, 4.69) is 0 Å². The highest BCUT2D eigenvalue weighted by atomic mass is 32.2. The number of methoxy groups -OCH3 is 1. The average molecular weight is 213 g/mol. The maximum atomic E-state index is 9.41. The lowest BCUT2D eigenvalue weighted by atomic mass is 10.3. The van der Waals surface area contributed by atoms with E-state index in [-0.39, 0.29) is 0 Å². The van der Waals surface area contributed by atoms with Crippen molar-refractivity contribution in [2.24, 2.45) is 0 Å². The minimum Gasteiger partial charge on any atom is -0.398 e. The Labute approximate surface area is 88.3 Å². The summed E-state index contributed by atoms with van der Waals surface area (Å²) in [6.45, 7) is 0.361. The molecule has 0 radical (unpaired) electrons. The number of nitrogen functional groups attached to an aromatic ring is 1. The molecular formula is C10H15NO2S. The van der Waals surface area contributed by atoms with E-state index in [1.165, 1.54) is 0 Å². The molecule has 0 amide bonds. The Bertz CT molecular complexity index is 281. The first-order valence-corrected chi connectivity index (χ1v) is 5.37. The number of hydrogen-bond donors (Lipinski definition) is 2. The first-order chi connectivity index (χ1) is 6.74. The van der Waals surface area contributed by atoms with Crippen molar-refractivity contribution < 1.29 is 9.84 Å². The topological polar surface area (TPSA) is 55.5 Å². The van der Waals surface area contributed by atoms with Gasteiger partial charge >= 0.3 is 0 Å². The average Bonchev–Trinajstić information content (AvgIpc) is 2.17. The van der Waals surface area contributed by atoms with Crippen LogP contribution in [-0.4, -0.2) is 30.7 Å². The molecular weight excluding hydrogens is 198 g/mol. The molecule has 14 heavy (non-hydrogen) atoms. The summed E-state index contributed by atoms with van der Waals surface area (Å²) in [5, 5.41) is 9.41. The van der Waals surface area contributed by atoms with Crippen molar-refractivity contribution in [3.8, 4) is 0 Å². The van der Waals surface area contributed by atoms with Gasteiger partial charge in [0.25, 0.3) is 0 Å². The second kappa shape index (κ2) is 5.90. The largest absolute Gasteiger partial charge is 0.398 e. The van der Waals surface area contributed by atoms with Crippen LogP contribution >= 0.6 is 11.8 Å². The van der Waals surface area contributed by atoms with Gasteiger partial charge in [0.15, 0.2) is 0 Å². The zero-order valence-corrected chi connectivity index (χ0v) is 8.96. The van der Waals surface area contributed by atoms with Crippen LogP contribution in [0.5, 0.6) is 0 Å². The van der Waals surface area contributed by atoms with Crippen LogP contribution < -0.4 is 5.73 Å². The van der Waals surface area contributed by atoms with Gasteiger partial charge in [-0.25, -0.2) is 0 Å². The van der Waals surface area contributed by atoms with Crippen molar-refractivity contribution in [1.29, 1.82) is 0 Å². The summed E-state index contributed by atoms with van der Waals surface area (Å²) in [5.74, 6) is 0.599. The third-order valence-corrected chi connectivity index (χ3v) is 2.94. The fourth-order valence-electron chi connectivity index (χ4n) is 1.04. The minimum atomic E-state index is -0.440. The highest BCUT2D eigenvalue weighted by molar-refractivity contribution is 7.99. The lowest BCUT2D eigenvalue weighted by molar-refractivity contribution is 0.0794. The van der Waals surface area contributed by atoms with Crippen molar-refractivity contribution in [2.75, 3.05) is 25.2 Å². The van der Waals surface area contributed by atoms with Crippen molar-refractivity contribution >= 4 is 17.4 Å². The maximum Gasteiger partial charge on any atom is 0.0867 e. The van der Waals surface area contributed by atoms with Gasteiger partial charge < -0.3 is 15.6 Å². The Morgan fingerprint density at radius 1 is 1.50 bits per heavy atom. The molecule has 4 heteroatoms. The van der Waals surface area contributed by atoms with Gasteiger partial charge in [-0.15, -0.1) is 11.8 Å². The van der Waals surface area contributed by atoms with Crippen molar-refractivity contribution in [3.05, 3.63) is 24.3 Å². The van der Waals surface area contributed by atoms with Gasteiger partial charge in [-0.1, -0.05) is 12.1 Å². The van der Waals surface area contributed by atoms with Gasteiger partial charge in [0.1, 0.15) is 0 Å². The molecule has 78 valence electrons. The van der Waals surface area contributed by atoms with Crippen molar-refractivity contribution in [2.45, 2.75) is 11.0 Å². The number of hydrogen-bond acceptors (Lipinski definition) is 4. The van der Waals surface area contributed by atoms with E-state index in [0.29, 0.717) is 12.4 Å². The summed E-state index contributed by atoms with van der Waals surface area (Å²) in [7, 11) is 1.57. The van der Waals surface area contributed by atoms with Crippen LogP contribution in [0.3, 0.4) is 0 Å². The molecule has 3 nitrogen and oxygen atoms in total. The van der Waals surface area contributed by atoms with E-state index in [9.17, 15) is 5.11 Å². The Kier molecular flexibility index (Phi) is 4.79. The van der Waals surface area contributed by atoms with Crippen molar-refractivity contribution in [1.82, 2.24) is 0 Å². The molecule has 0 bridgehead atoms. The molecule has 0 aliphatic heterocycles. The number of rotatable bonds is 5. The summed E-state index contributed by atoms with van der Waals surface area (Å²) in [6, 6.07) is 7.62. The van der Waals surface area contributed by atoms with Crippen LogP contribution in [-0.2, 0) is 4.74 Å². The number of anilines is 1. The minimum absolute atomic E-state index is 0.361. The van der Waals surface area contributed by atoms with Gasteiger partial charge in [0, 0.05) is 23.4 Å². The second-order valence-electron chi connectivity index (χ2n) is 2.96. The van der Waals surface area contributed by atoms with E-state index in [1.54, 1.807) is 18.9 Å². The molecule has 0 aliphatic carbocycles. The normalized spacial score (nSPS) is 12.7. The quantitative estimate of drug-likeness (QED) is 0.573. The standard InChI is InChI=1S/C10H15NO2S/c1-13-6-8(12)7-14-10-5-3-2-4-9(10)11/h2-5,8,12H,6-7,11H2,1H3. The Morgan fingerprint density at radius 2 is 2.21 bits per heavy atom. The van der Waals surface area contributed by atoms with Crippen LogP contribution in [0.2, 0.25) is 0 Å². The fourth-order valence-corrected chi connectivity index (χ4v) is 1.92. The molecule has 1 aromatic rings. The highest BCUT2D eigenvalue weighted by Gasteiger charge is 2.05. The van der Waals surface area contributed by atoms with Crippen LogP contribution in [0.25, 0.3) is 0 Å². The van der Waals surface area contributed by atoms with Gasteiger partial charge in [0.05, 0.1) is 12.7 Å². The second-order valence-corrected chi connectivity index (χ2v) is 4.02. The number of benzene rings is 1. The number of thioether (sulfide) groups is 1. The molecule has 0 saturated heterocycles. The first kappa shape index (κ1) is 11.4. The van der Waals surface area contributed by atoms with Crippen LogP contribution in [0.4, 0.5) is 5.69 Å². The molecule has 1 unspecified atom stereocenters. The predicted molar refractivity (Wildman–Crippen MR) is 59.5 cm³/mol. The van der Waals surface area contributed by atoms with Crippen molar-refractivity contribution in [3.63, 3.8) is 0 Å². The van der Waals surface area contributed by atoms with Gasteiger partial charge in [-0.2, -0.15) is 0 Å². The number of aliphatic hydroxyl groups is 1. The monoisotopic (exact) mass is 213 g/mol. The molecule has 1 atom stereocenters. The van der Waals surface area contributed by atoms with E-state index in [1.807, 2.05) is 24.3 Å². The summed E-state index contributed by atoms with van der Waals surface area (Å²) in [6.07, 6.45) is -0.440. The molecule has 0 aliphatic rings. The molecule has 1 rings (SSSR count). The van der Waals surface area contributed by atoms with Gasteiger partial charge in [-0.3, -0.25) is 0 Å². The zero-order chi connectivity index (χ0) is 10.4. The molecule has 0 saturated carbocycles. The van der Waals surface area contributed by atoms with Gasteiger partial charge in [-0.05, 0) is 12.1 Å².